The van der Waals surface area contributed by atoms with Gasteiger partial charge in [0.05, 0.1) is 5.75 Å². The number of sulfonamides is 1. The molecule has 1 unspecified atom stereocenters. The van der Waals surface area contributed by atoms with Crippen LogP contribution in [0.4, 0.5) is 0 Å². The van der Waals surface area contributed by atoms with E-state index in [1.54, 1.807) is 6.92 Å². The molecule has 0 amide bonds. The van der Waals surface area contributed by atoms with Crippen molar-refractivity contribution in [3.63, 3.8) is 0 Å². The van der Waals surface area contributed by atoms with E-state index in [1.165, 1.54) is 0 Å². The number of hydrogen-bond donors (Lipinski definition) is 1. The van der Waals surface area contributed by atoms with Crippen LogP contribution in [0.1, 0.15) is 13.3 Å². The summed E-state index contributed by atoms with van der Waals surface area (Å²) in [5, 5.41) is 0. The van der Waals surface area contributed by atoms with Crippen LogP contribution in [0.2, 0.25) is 0 Å². The van der Waals surface area contributed by atoms with Gasteiger partial charge in [0.25, 0.3) is 0 Å². The summed E-state index contributed by atoms with van der Waals surface area (Å²) in [4.78, 5) is 2.13. The molecule has 4 nitrogen and oxygen atoms in total. The Bertz CT molecular complexity index is 238. The van der Waals surface area contributed by atoms with Gasteiger partial charge in [-0.2, -0.15) is 0 Å². The molecular weight excluding hydrogens is 176 g/mol. The summed E-state index contributed by atoms with van der Waals surface area (Å²) in [5.74, 6) is 0.174. The van der Waals surface area contributed by atoms with Crippen LogP contribution in [0.5, 0.6) is 0 Å². The summed E-state index contributed by atoms with van der Waals surface area (Å²) in [6, 6.07) is 0.125. The van der Waals surface area contributed by atoms with Crippen LogP contribution < -0.4 is 4.72 Å². The summed E-state index contributed by atoms with van der Waals surface area (Å²) in [6.07, 6.45) is 0.926. The third-order valence-corrected chi connectivity index (χ3v) is 3.57. The number of nitrogens with one attached hydrogen (secondary N) is 1. The number of rotatable bonds is 3. The SMILES string of the molecule is CCS(=O)(=O)NC1CCN(C)C1. The molecule has 0 radical (unpaired) electrons. The minimum atomic E-state index is -3.00. The van der Waals surface area contributed by atoms with E-state index in [2.05, 4.69) is 9.62 Å². The maximum atomic E-state index is 11.1. The van der Waals surface area contributed by atoms with Crippen LogP contribution >= 0.6 is 0 Å². The van der Waals surface area contributed by atoms with Gasteiger partial charge in [0.15, 0.2) is 0 Å². The smallest absolute Gasteiger partial charge is 0.211 e. The molecule has 1 fully saturated rings. The maximum Gasteiger partial charge on any atom is 0.211 e. The van der Waals surface area contributed by atoms with E-state index in [-0.39, 0.29) is 11.8 Å². The Morgan fingerprint density at radius 3 is 2.67 bits per heavy atom. The van der Waals surface area contributed by atoms with Gasteiger partial charge in [-0.1, -0.05) is 0 Å². The Balaban J connectivity index is 2.43. The lowest BCUT2D eigenvalue weighted by atomic mass is 10.3. The van der Waals surface area contributed by atoms with Gasteiger partial charge in [0.2, 0.25) is 10.0 Å². The first-order valence-electron chi connectivity index (χ1n) is 4.22. The van der Waals surface area contributed by atoms with Gasteiger partial charge in [-0.3, -0.25) is 0 Å². The lowest BCUT2D eigenvalue weighted by Crippen LogP contribution is -2.37. The Kier molecular flexibility index (Phi) is 3.09. The second-order valence-corrected chi connectivity index (χ2v) is 5.31. The van der Waals surface area contributed by atoms with Crippen LogP contribution in [0, 0.1) is 0 Å². The van der Waals surface area contributed by atoms with Crippen LogP contribution in [0.25, 0.3) is 0 Å². The molecule has 0 aromatic rings. The highest BCUT2D eigenvalue weighted by molar-refractivity contribution is 7.89. The van der Waals surface area contributed by atoms with Gasteiger partial charge in [0.1, 0.15) is 0 Å². The average Bonchev–Trinajstić information content (AvgIpc) is 2.35. The third-order valence-electron chi connectivity index (χ3n) is 2.12. The first-order valence-corrected chi connectivity index (χ1v) is 5.87. The fourth-order valence-corrected chi connectivity index (χ4v) is 2.24. The van der Waals surface area contributed by atoms with Crippen molar-refractivity contribution >= 4 is 10.0 Å². The molecule has 0 aliphatic carbocycles. The average molecular weight is 192 g/mol. The summed E-state index contributed by atoms with van der Waals surface area (Å²) < 4.78 is 24.9. The quantitative estimate of drug-likeness (QED) is 0.664. The molecular formula is C7H16N2O2S. The third kappa shape index (κ3) is 2.73. The van der Waals surface area contributed by atoms with Crippen molar-refractivity contribution in [3.8, 4) is 0 Å². The van der Waals surface area contributed by atoms with Crippen molar-refractivity contribution in [2.24, 2.45) is 0 Å². The van der Waals surface area contributed by atoms with E-state index in [4.69, 9.17) is 0 Å². The van der Waals surface area contributed by atoms with Crippen LogP contribution in [0.3, 0.4) is 0 Å². The molecule has 0 aromatic heterocycles. The van der Waals surface area contributed by atoms with E-state index < -0.39 is 10.0 Å². The highest BCUT2D eigenvalue weighted by Gasteiger charge is 2.22. The van der Waals surface area contributed by atoms with Gasteiger partial charge in [-0.05, 0) is 26.9 Å². The summed E-state index contributed by atoms with van der Waals surface area (Å²) in [5.41, 5.74) is 0. The summed E-state index contributed by atoms with van der Waals surface area (Å²) in [6.45, 7) is 3.47. The molecule has 12 heavy (non-hydrogen) atoms. The molecule has 1 N–H and O–H groups in total. The second-order valence-electron chi connectivity index (χ2n) is 3.27. The highest BCUT2D eigenvalue weighted by atomic mass is 32.2. The second kappa shape index (κ2) is 3.72. The molecule has 1 aliphatic heterocycles. The Morgan fingerprint density at radius 1 is 1.58 bits per heavy atom. The van der Waals surface area contributed by atoms with Crippen molar-refractivity contribution in [2.75, 3.05) is 25.9 Å². The van der Waals surface area contributed by atoms with Crippen molar-refractivity contribution in [3.05, 3.63) is 0 Å². The molecule has 1 rings (SSSR count). The number of likely N-dealkylation sites (N-methyl/N-ethyl adjacent to an activating group) is 1. The van der Waals surface area contributed by atoms with Gasteiger partial charge in [0, 0.05) is 12.6 Å². The Morgan fingerprint density at radius 2 is 2.25 bits per heavy atom. The zero-order valence-electron chi connectivity index (χ0n) is 7.58. The zero-order chi connectivity index (χ0) is 9.19. The molecule has 1 heterocycles. The lowest BCUT2D eigenvalue weighted by Gasteiger charge is -2.11. The molecule has 1 aliphatic rings. The topological polar surface area (TPSA) is 49.4 Å². The Labute approximate surface area is 74.0 Å². The van der Waals surface area contributed by atoms with E-state index in [0.717, 1.165) is 19.5 Å². The molecule has 5 heteroatoms. The highest BCUT2D eigenvalue weighted by Crippen LogP contribution is 2.07. The first kappa shape index (κ1) is 9.95. The molecule has 0 aromatic carbocycles. The molecule has 1 saturated heterocycles. The largest absolute Gasteiger partial charge is 0.305 e. The van der Waals surface area contributed by atoms with Crippen LogP contribution in [0.15, 0.2) is 0 Å². The van der Waals surface area contributed by atoms with E-state index in [1.807, 2.05) is 7.05 Å². The van der Waals surface area contributed by atoms with Gasteiger partial charge >= 0.3 is 0 Å². The predicted molar refractivity (Wildman–Crippen MR) is 48.5 cm³/mol. The van der Waals surface area contributed by atoms with E-state index in [9.17, 15) is 8.42 Å². The first-order chi connectivity index (χ1) is 5.53. The van der Waals surface area contributed by atoms with E-state index >= 15 is 0 Å². The predicted octanol–water partition coefficient (Wildman–Crippen LogP) is -0.370. The molecule has 0 bridgehead atoms. The van der Waals surface area contributed by atoms with Crippen LogP contribution in [-0.2, 0) is 10.0 Å². The van der Waals surface area contributed by atoms with Crippen molar-refractivity contribution in [2.45, 2.75) is 19.4 Å². The monoisotopic (exact) mass is 192 g/mol. The molecule has 1 atom stereocenters. The van der Waals surface area contributed by atoms with Crippen molar-refractivity contribution in [1.29, 1.82) is 0 Å². The number of likely N-dealkylation sites (tertiary alicyclic amines) is 1. The van der Waals surface area contributed by atoms with Gasteiger partial charge in [-0.15, -0.1) is 0 Å². The normalized spacial score (nSPS) is 26.3. The van der Waals surface area contributed by atoms with Gasteiger partial charge in [-0.25, -0.2) is 13.1 Å². The fourth-order valence-electron chi connectivity index (χ4n) is 1.37. The Hall–Kier alpha value is -0.130. The fraction of sp³-hybridized carbons (Fsp3) is 1.00. The van der Waals surface area contributed by atoms with Crippen molar-refractivity contribution in [1.82, 2.24) is 9.62 Å². The molecule has 0 spiro atoms. The van der Waals surface area contributed by atoms with Crippen molar-refractivity contribution < 1.29 is 8.42 Å². The lowest BCUT2D eigenvalue weighted by molar-refractivity contribution is 0.407. The van der Waals surface area contributed by atoms with Gasteiger partial charge < -0.3 is 4.90 Å². The molecule has 72 valence electrons. The van der Waals surface area contributed by atoms with Crippen LogP contribution in [-0.4, -0.2) is 45.2 Å². The summed E-state index contributed by atoms with van der Waals surface area (Å²) >= 11 is 0. The minimum absolute atomic E-state index is 0.125. The number of hydrogen-bond acceptors (Lipinski definition) is 3. The van der Waals surface area contributed by atoms with E-state index in [0.29, 0.717) is 0 Å². The molecule has 0 saturated carbocycles. The summed E-state index contributed by atoms with van der Waals surface area (Å²) in [7, 11) is -1.00. The standard InChI is InChI=1S/C7H16N2O2S/c1-3-12(10,11)8-7-4-5-9(2)6-7/h7-8H,3-6H2,1-2H3. The minimum Gasteiger partial charge on any atom is -0.305 e. The number of nitrogens with zero attached hydrogens (tertiary/aromatic N) is 1. The maximum absolute atomic E-state index is 11.1. The zero-order valence-corrected chi connectivity index (χ0v) is 8.39.